The van der Waals surface area contributed by atoms with Gasteiger partial charge in [-0.05, 0) is 26.0 Å². The molecule has 0 aliphatic heterocycles. The molecule has 0 N–H and O–H groups in total. The van der Waals surface area contributed by atoms with Crippen molar-refractivity contribution < 1.29 is 4.42 Å². The predicted octanol–water partition coefficient (Wildman–Crippen LogP) is 3.47. The van der Waals surface area contributed by atoms with Crippen LogP contribution in [0.2, 0.25) is 0 Å². The lowest BCUT2D eigenvalue weighted by molar-refractivity contribution is 0.489. The van der Waals surface area contributed by atoms with Crippen LogP contribution in [0.3, 0.4) is 0 Å². The van der Waals surface area contributed by atoms with Crippen molar-refractivity contribution in [3.8, 4) is 0 Å². The van der Waals surface area contributed by atoms with Gasteiger partial charge in [0.15, 0.2) is 5.16 Å². The predicted molar refractivity (Wildman–Crippen MR) is 76.3 cm³/mol. The molecule has 0 bridgehead atoms. The summed E-state index contributed by atoms with van der Waals surface area (Å²) in [4.78, 5) is 9.00. The number of aryl methyl sites for hydroxylation is 3. The van der Waals surface area contributed by atoms with E-state index >= 15 is 0 Å². The lowest BCUT2D eigenvalue weighted by atomic mass is 10.3. The molecule has 0 fully saturated rings. The molecular weight excluding hydrogens is 258 g/mol. The van der Waals surface area contributed by atoms with Crippen molar-refractivity contribution in [3.05, 3.63) is 41.6 Å². The van der Waals surface area contributed by atoms with E-state index in [1.165, 1.54) is 0 Å². The van der Waals surface area contributed by atoms with Gasteiger partial charge in [0.05, 0.1) is 22.5 Å². The van der Waals surface area contributed by atoms with Gasteiger partial charge in [-0.2, -0.15) is 0 Å². The summed E-state index contributed by atoms with van der Waals surface area (Å²) in [7, 11) is 2.03. The minimum atomic E-state index is 0.700. The molecule has 19 heavy (non-hydrogen) atoms. The van der Waals surface area contributed by atoms with Crippen LogP contribution in [-0.4, -0.2) is 14.5 Å². The highest BCUT2D eigenvalue weighted by Gasteiger charge is 2.10. The highest BCUT2D eigenvalue weighted by molar-refractivity contribution is 7.98. The standard InChI is InChI=1S/C14H15N3OS/c1-9-10(2)18-13(15-9)8-19-14-16-11-6-4-5-7-12(11)17(14)3/h4-7H,8H2,1-3H3. The molecule has 0 atom stereocenters. The second-order valence-corrected chi connectivity index (χ2v) is 5.42. The van der Waals surface area contributed by atoms with E-state index in [0.29, 0.717) is 5.75 Å². The first-order valence-corrected chi connectivity index (χ1v) is 7.11. The Morgan fingerprint density at radius 2 is 2.00 bits per heavy atom. The van der Waals surface area contributed by atoms with Gasteiger partial charge in [-0.3, -0.25) is 0 Å². The minimum absolute atomic E-state index is 0.700. The van der Waals surface area contributed by atoms with Gasteiger partial charge in [-0.25, -0.2) is 9.97 Å². The average molecular weight is 273 g/mol. The van der Waals surface area contributed by atoms with Crippen molar-refractivity contribution in [2.24, 2.45) is 7.05 Å². The third kappa shape index (κ3) is 2.26. The Kier molecular flexibility index (Phi) is 3.06. The second kappa shape index (κ2) is 4.74. The van der Waals surface area contributed by atoms with Crippen LogP contribution < -0.4 is 0 Å². The topological polar surface area (TPSA) is 43.9 Å². The summed E-state index contributed by atoms with van der Waals surface area (Å²) in [5, 5.41) is 0.981. The van der Waals surface area contributed by atoms with Gasteiger partial charge in [0, 0.05) is 7.05 Å². The molecule has 0 spiro atoms. The van der Waals surface area contributed by atoms with E-state index in [9.17, 15) is 0 Å². The highest BCUT2D eigenvalue weighted by Crippen LogP contribution is 2.25. The van der Waals surface area contributed by atoms with Gasteiger partial charge >= 0.3 is 0 Å². The summed E-state index contributed by atoms with van der Waals surface area (Å²) in [6.45, 7) is 3.90. The van der Waals surface area contributed by atoms with Crippen LogP contribution in [0.25, 0.3) is 11.0 Å². The Morgan fingerprint density at radius 3 is 2.68 bits per heavy atom. The van der Waals surface area contributed by atoms with Crippen molar-refractivity contribution in [2.75, 3.05) is 0 Å². The highest BCUT2D eigenvalue weighted by atomic mass is 32.2. The van der Waals surface area contributed by atoms with Crippen LogP contribution in [0.4, 0.5) is 0 Å². The van der Waals surface area contributed by atoms with Gasteiger partial charge in [0.1, 0.15) is 5.76 Å². The average Bonchev–Trinajstić information content (AvgIpc) is 2.89. The first-order valence-electron chi connectivity index (χ1n) is 6.12. The molecule has 0 aliphatic carbocycles. The Hall–Kier alpha value is -1.75. The smallest absolute Gasteiger partial charge is 0.205 e. The fraction of sp³-hybridized carbons (Fsp3) is 0.286. The van der Waals surface area contributed by atoms with Crippen LogP contribution in [0.15, 0.2) is 33.8 Å². The number of hydrogen-bond acceptors (Lipinski definition) is 4. The van der Waals surface area contributed by atoms with E-state index in [0.717, 1.165) is 33.5 Å². The number of thioether (sulfide) groups is 1. The van der Waals surface area contributed by atoms with Gasteiger partial charge in [0.2, 0.25) is 5.89 Å². The number of fused-ring (bicyclic) bond motifs is 1. The molecule has 1 aromatic carbocycles. The van der Waals surface area contributed by atoms with Gasteiger partial charge in [-0.1, -0.05) is 23.9 Å². The molecule has 0 radical (unpaired) electrons. The van der Waals surface area contributed by atoms with Crippen LogP contribution >= 0.6 is 11.8 Å². The number of nitrogens with zero attached hydrogens (tertiary/aromatic N) is 3. The number of rotatable bonds is 3. The first kappa shape index (κ1) is 12.3. The van der Waals surface area contributed by atoms with E-state index in [1.54, 1.807) is 11.8 Å². The van der Waals surface area contributed by atoms with E-state index in [-0.39, 0.29) is 0 Å². The zero-order chi connectivity index (χ0) is 13.4. The molecular formula is C14H15N3OS. The van der Waals surface area contributed by atoms with Crippen LogP contribution in [0.5, 0.6) is 0 Å². The van der Waals surface area contributed by atoms with Gasteiger partial charge in [0.25, 0.3) is 0 Å². The zero-order valence-electron chi connectivity index (χ0n) is 11.2. The summed E-state index contributed by atoms with van der Waals surface area (Å²) in [5.41, 5.74) is 3.12. The van der Waals surface area contributed by atoms with Crippen molar-refractivity contribution in [2.45, 2.75) is 24.8 Å². The van der Waals surface area contributed by atoms with Crippen LogP contribution in [0, 0.1) is 13.8 Å². The SMILES string of the molecule is Cc1nc(CSc2nc3ccccc3n2C)oc1C. The number of aromatic nitrogens is 3. The number of benzene rings is 1. The van der Waals surface area contributed by atoms with E-state index in [4.69, 9.17) is 4.42 Å². The quantitative estimate of drug-likeness (QED) is 0.685. The van der Waals surface area contributed by atoms with Gasteiger partial charge < -0.3 is 8.98 Å². The fourth-order valence-electron chi connectivity index (χ4n) is 1.98. The zero-order valence-corrected chi connectivity index (χ0v) is 12.0. The molecule has 0 aliphatic rings. The molecule has 2 heterocycles. The molecule has 0 amide bonds. The molecule has 98 valence electrons. The third-order valence-corrected chi connectivity index (χ3v) is 4.16. The van der Waals surface area contributed by atoms with Crippen molar-refractivity contribution >= 4 is 22.8 Å². The normalized spacial score (nSPS) is 11.3. The van der Waals surface area contributed by atoms with Crippen molar-refractivity contribution in [1.82, 2.24) is 14.5 Å². The summed E-state index contributed by atoms with van der Waals surface area (Å²) < 4.78 is 7.68. The number of para-hydroxylation sites is 2. The van der Waals surface area contributed by atoms with Crippen molar-refractivity contribution in [3.63, 3.8) is 0 Å². The molecule has 5 heteroatoms. The second-order valence-electron chi connectivity index (χ2n) is 4.48. The maximum Gasteiger partial charge on any atom is 0.205 e. The Morgan fingerprint density at radius 1 is 1.21 bits per heavy atom. The maximum absolute atomic E-state index is 5.58. The van der Waals surface area contributed by atoms with Crippen LogP contribution in [0.1, 0.15) is 17.3 Å². The maximum atomic E-state index is 5.58. The monoisotopic (exact) mass is 273 g/mol. The Labute approximate surface area is 115 Å². The van der Waals surface area contributed by atoms with Gasteiger partial charge in [-0.15, -0.1) is 0 Å². The lowest BCUT2D eigenvalue weighted by Crippen LogP contribution is -1.91. The molecule has 0 unspecified atom stereocenters. The summed E-state index contributed by atoms with van der Waals surface area (Å²) >= 11 is 1.64. The van der Waals surface area contributed by atoms with E-state index in [2.05, 4.69) is 20.6 Å². The largest absolute Gasteiger partial charge is 0.445 e. The fourth-order valence-corrected chi connectivity index (χ4v) is 2.81. The summed E-state index contributed by atoms with van der Waals surface area (Å²) in [5.74, 6) is 2.35. The summed E-state index contributed by atoms with van der Waals surface area (Å²) in [6, 6.07) is 8.13. The Bertz CT molecular complexity index is 710. The molecule has 3 aromatic rings. The number of imidazole rings is 1. The number of oxazole rings is 1. The first-order chi connectivity index (χ1) is 9.15. The lowest BCUT2D eigenvalue weighted by Gasteiger charge is -1.99. The summed E-state index contributed by atoms with van der Waals surface area (Å²) in [6.07, 6.45) is 0. The molecule has 3 rings (SSSR count). The van der Waals surface area contributed by atoms with Crippen LogP contribution in [-0.2, 0) is 12.8 Å². The molecule has 4 nitrogen and oxygen atoms in total. The minimum Gasteiger partial charge on any atom is -0.445 e. The Balaban J connectivity index is 1.83. The molecule has 2 aromatic heterocycles. The van der Waals surface area contributed by atoms with E-state index in [1.807, 2.05) is 39.1 Å². The van der Waals surface area contributed by atoms with E-state index < -0.39 is 0 Å². The molecule has 0 saturated heterocycles. The number of hydrogen-bond donors (Lipinski definition) is 0. The van der Waals surface area contributed by atoms with Crippen molar-refractivity contribution in [1.29, 1.82) is 0 Å². The molecule has 0 saturated carbocycles. The third-order valence-electron chi connectivity index (χ3n) is 3.14.